The Morgan fingerprint density at radius 2 is 1.93 bits per heavy atom. The van der Waals surface area contributed by atoms with Crippen LogP contribution < -0.4 is 10.2 Å². The second kappa shape index (κ2) is 9.03. The van der Waals surface area contributed by atoms with Crippen LogP contribution in [0.1, 0.15) is 55.8 Å². The molecule has 8 nitrogen and oxygen atoms in total. The first-order valence-electron chi connectivity index (χ1n) is 9.95. The SMILES string of the molecule is C[C@@H]1CCCC[C@@H]1NC(=O)COC(=O)c1ccc(N2CCCC2)c([N+](=O)[O-])c1. The lowest BCUT2D eigenvalue weighted by Crippen LogP contribution is -2.42. The van der Waals surface area contributed by atoms with E-state index in [-0.39, 0.29) is 29.8 Å². The van der Waals surface area contributed by atoms with Crippen molar-refractivity contribution in [2.75, 3.05) is 24.6 Å². The van der Waals surface area contributed by atoms with Gasteiger partial charge < -0.3 is 15.0 Å². The van der Waals surface area contributed by atoms with Crippen molar-refractivity contribution >= 4 is 23.3 Å². The van der Waals surface area contributed by atoms with Crippen LogP contribution in [0, 0.1) is 16.0 Å². The monoisotopic (exact) mass is 389 g/mol. The third kappa shape index (κ3) is 4.79. The summed E-state index contributed by atoms with van der Waals surface area (Å²) < 4.78 is 5.08. The van der Waals surface area contributed by atoms with E-state index in [9.17, 15) is 19.7 Å². The van der Waals surface area contributed by atoms with Crippen molar-refractivity contribution in [3.05, 3.63) is 33.9 Å². The summed E-state index contributed by atoms with van der Waals surface area (Å²) in [6.45, 7) is 3.26. The summed E-state index contributed by atoms with van der Waals surface area (Å²) in [4.78, 5) is 37.3. The molecule has 28 heavy (non-hydrogen) atoms. The Bertz CT molecular complexity index is 745. The van der Waals surface area contributed by atoms with Crippen LogP contribution >= 0.6 is 0 Å². The lowest BCUT2D eigenvalue weighted by Gasteiger charge is -2.29. The molecular formula is C20H27N3O5. The largest absolute Gasteiger partial charge is 0.452 e. The minimum Gasteiger partial charge on any atom is -0.452 e. The molecule has 152 valence electrons. The molecule has 1 N–H and O–H groups in total. The van der Waals surface area contributed by atoms with Crippen LogP contribution in [0.5, 0.6) is 0 Å². The second-order valence-electron chi connectivity index (χ2n) is 7.67. The minimum atomic E-state index is -0.733. The Labute approximate surface area is 164 Å². The van der Waals surface area contributed by atoms with Gasteiger partial charge in [-0.05, 0) is 43.7 Å². The average molecular weight is 389 g/mol. The quantitative estimate of drug-likeness (QED) is 0.456. The minimum absolute atomic E-state index is 0.0773. The average Bonchev–Trinajstić information content (AvgIpc) is 3.22. The van der Waals surface area contributed by atoms with Gasteiger partial charge in [0.15, 0.2) is 6.61 Å². The summed E-state index contributed by atoms with van der Waals surface area (Å²) in [5.74, 6) is -0.660. The van der Waals surface area contributed by atoms with Crippen LogP contribution in [-0.4, -0.2) is 42.5 Å². The summed E-state index contributed by atoms with van der Waals surface area (Å²) in [7, 11) is 0. The van der Waals surface area contributed by atoms with E-state index in [2.05, 4.69) is 12.2 Å². The lowest BCUT2D eigenvalue weighted by atomic mass is 9.86. The van der Waals surface area contributed by atoms with Gasteiger partial charge in [0.2, 0.25) is 0 Å². The fourth-order valence-corrected chi connectivity index (χ4v) is 4.02. The number of anilines is 1. The number of ether oxygens (including phenoxy) is 1. The number of benzene rings is 1. The normalized spacial score (nSPS) is 22.0. The van der Waals surface area contributed by atoms with Gasteiger partial charge in [-0.1, -0.05) is 19.8 Å². The molecule has 0 bridgehead atoms. The zero-order valence-electron chi connectivity index (χ0n) is 16.2. The van der Waals surface area contributed by atoms with Gasteiger partial charge in [0, 0.05) is 25.2 Å². The van der Waals surface area contributed by atoms with Crippen molar-refractivity contribution < 1.29 is 19.2 Å². The van der Waals surface area contributed by atoms with E-state index in [4.69, 9.17) is 4.74 Å². The number of carbonyl (C=O) groups excluding carboxylic acids is 2. The molecule has 3 rings (SSSR count). The second-order valence-corrected chi connectivity index (χ2v) is 7.67. The van der Waals surface area contributed by atoms with E-state index >= 15 is 0 Å². The van der Waals surface area contributed by atoms with E-state index in [0.29, 0.717) is 11.6 Å². The van der Waals surface area contributed by atoms with E-state index in [1.807, 2.05) is 4.90 Å². The van der Waals surface area contributed by atoms with Crippen LogP contribution in [0.4, 0.5) is 11.4 Å². The van der Waals surface area contributed by atoms with Crippen molar-refractivity contribution in [2.45, 2.75) is 51.5 Å². The van der Waals surface area contributed by atoms with Crippen molar-refractivity contribution in [1.82, 2.24) is 5.32 Å². The summed E-state index contributed by atoms with van der Waals surface area (Å²) in [5.41, 5.74) is 0.480. The highest BCUT2D eigenvalue weighted by Crippen LogP contribution is 2.31. The number of nitro groups is 1. The van der Waals surface area contributed by atoms with E-state index in [1.54, 1.807) is 6.07 Å². The predicted molar refractivity (Wildman–Crippen MR) is 104 cm³/mol. The van der Waals surface area contributed by atoms with Crippen LogP contribution in [0.2, 0.25) is 0 Å². The molecule has 0 radical (unpaired) electrons. The summed E-state index contributed by atoms with van der Waals surface area (Å²) >= 11 is 0. The van der Waals surface area contributed by atoms with Crippen molar-refractivity contribution in [2.24, 2.45) is 5.92 Å². The molecule has 1 aliphatic carbocycles. The zero-order chi connectivity index (χ0) is 20.1. The summed E-state index contributed by atoms with van der Waals surface area (Å²) in [6.07, 6.45) is 6.27. The van der Waals surface area contributed by atoms with Gasteiger partial charge in [0.1, 0.15) is 5.69 Å². The fraction of sp³-hybridized carbons (Fsp3) is 0.600. The number of hydrogen-bond acceptors (Lipinski definition) is 6. The molecular weight excluding hydrogens is 362 g/mol. The number of esters is 1. The smallest absolute Gasteiger partial charge is 0.338 e. The maximum atomic E-state index is 12.3. The molecule has 1 aromatic carbocycles. The van der Waals surface area contributed by atoms with Gasteiger partial charge >= 0.3 is 5.97 Å². The molecule has 0 spiro atoms. The predicted octanol–water partition coefficient (Wildman–Crippen LogP) is 3.05. The van der Waals surface area contributed by atoms with E-state index in [1.165, 1.54) is 18.6 Å². The molecule has 1 heterocycles. The first-order chi connectivity index (χ1) is 13.5. The molecule has 8 heteroatoms. The highest BCUT2D eigenvalue weighted by molar-refractivity contribution is 5.93. The summed E-state index contributed by atoms with van der Waals surface area (Å²) in [6, 6.07) is 4.45. The zero-order valence-corrected chi connectivity index (χ0v) is 16.2. The Morgan fingerprint density at radius 3 is 2.61 bits per heavy atom. The Kier molecular flexibility index (Phi) is 6.49. The number of nitrogens with zero attached hydrogens (tertiary/aromatic N) is 2. The fourth-order valence-electron chi connectivity index (χ4n) is 4.02. The molecule has 2 aliphatic rings. The molecule has 0 unspecified atom stereocenters. The van der Waals surface area contributed by atoms with Gasteiger partial charge in [-0.3, -0.25) is 14.9 Å². The number of hydrogen-bond donors (Lipinski definition) is 1. The highest BCUT2D eigenvalue weighted by Gasteiger charge is 2.25. The number of nitro benzene ring substituents is 1. The number of rotatable bonds is 6. The third-order valence-corrected chi connectivity index (χ3v) is 5.65. The molecule has 0 aromatic heterocycles. The van der Waals surface area contributed by atoms with Crippen molar-refractivity contribution in [3.63, 3.8) is 0 Å². The van der Waals surface area contributed by atoms with E-state index in [0.717, 1.165) is 45.2 Å². The van der Waals surface area contributed by atoms with Crippen LogP contribution in [0.3, 0.4) is 0 Å². The molecule has 2 fully saturated rings. The molecule has 1 saturated heterocycles. The van der Waals surface area contributed by atoms with Crippen molar-refractivity contribution in [1.29, 1.82) is 0 Å². The van der Waals surface area contributed by atoms with E-state index < -0.39 is 10.9 Å². The topological polar surface area (TPSA) is 102 Å². The maximum Gasteiger partial charge on any atom is 0.338 e. The Hall–Kier alpha value is -2.64. The number of carbonyl (C=O) groups is 2. The Balaban J connectivity index is 1.59. The van der Waals surface area contributed by atoms with Gasteiger partial charge in [0.05, 0.1) is 10.5 Å². The first-order valence-corrected chi connectivity index (χ1v) is 9.95. The third-order valence-electron chi connectivity index (χ3n) is 5.65. The van der Waals surface area contributed by atoms with Gasteiger partial charge in [-0.15, -0.1) is 0 Å². The standard InChI is InChI=1S/C20H27N3O5/c1-14-6-2-3-7-16(14)21-19(24)13-28-20(25)15-8-9-17(18(12-15)23(26)27)22-10-4-5-11-22/h8-9,12,14,16H,2-7,10-11,13H2,1H3,(H,21,24)/t14-,16+/m1/s1. The maximum absolute atomic E-state index is 12.3. The Morgan fingerprint density at radius 1 is 1.21 bits per heavy atom. The molecule has 2 atom stereocenters. The van der Waals surface area contributed by atoms with Crippen LogP contribution in [0.25, 0.3) is 0 Å². The molecule has 1 aliphatic heterocycles. The van der Waals surface area contributed by atoms with Crippen LogP contribution in [0.15, 0.2) is 18.2 Å². The first kappa shape index (κ1) is 20.1. The molecule has 1 aromatic rings. The number of nitrogens with one attached hydrogen (secondary N) is 1. The lowest BCUT2D eigenvalue weighted by molar-refractivity contribution is -0.384. The van der Waals surface area contributed by atoms with Gasteiger partial charge in [-0.25, -0.2) is 4.79 Å². The van der Waals surface area contributed by atoms with Crippen LogP contribution in [-0.2, 0) is 9.53 Å². The number of amides is 1. The van der Waals surface area contributed by atoms with Gasteiger partial charge in [0.25, 0.3) is 11.6 Å². The van der Waals surface area contributed by atoms with Crippen molar-refractivity contribution in [3.8, 4) is 0 Å². The molecule has 1 saturated carbocycles. The summed E-state index contributed by atoms with van der Waals surface area (Å²) in [5, 5.41) is 14.4. The van der Waals surface area contributed by atoms with Gasteiger partial charge in [-0.2, -0.15) is 0 Å². The highest BCUT2D eigenvalue weighted by atomic mass is 16.6. The molecule has 1 amide bonds.